The summed E-state index contributed by atoms with van der Waals surface area (Å²) in [6.07, 6.45) is 4.38. The maximum absolute atomic E-state index is 12.0. The van der Waals surface area contributed by atoms with Gasteiger partial charge in [0.05, 0.1) is 5.41 Å². The lowest BCUT2D eigenvalue weighted by molar-refractivity contribution is -0.145. The SMILES string of the molecule is Cc1ccc(C2(C(=O)O)CCCCC2)c2c1OCCO2. The minimum absolute atomic E-state index is 0.485. The maximum Gasteiger partial charge on any atom is 0.314 e. The third-order valence-electron chi connectivity index (χ3n) is 4.52. The Hall–Kier alpha value is -1.71. The van der Waals surface area contributed by atoms with Crippen LogP contribution in [0.2, 0.25) is 0 Å². The zero-order valence-electron chi connectivity index (χ0n) is 11.8. The van der Waals surface area contributed by atoms with Gasteiger partial charge in [-0.25, -0.2) is 0 Å². The van der Waals surface area contributed by atoms with Gasteiger partial charge in [0.15, 0.2) is 11.5 Å². The number of hydrogen-bond donors (Lipinski definition) is 1. The van der Waals surface area contributed by atoms with Crippen LogP contribution < -0.4 is 9.47 Å². The molecule has 0 atom stereocenters. The number of hydrogen-bond acceptors (Lipinski definition) is 3. The largest absolute Gasteiger partial charge is 0.486 e. The Bertz CT molecular complexity index is 530. The second-order valence-electron chi connectivity index (χ2n) is 5.73. The number of benzene rings is 1. The summed E-state index contributed by atoms with van der Waals surface area (Å²) < 4.78 is 11.5. The molecule has 1 saturated carbocycles. The van der Waals surface area contributed by atoms with E-state index >= 15 is 0 Å². The molecule has 1 aromatic rings. The predicted molar refractivity (Wildman–Crippen MR) is 74.6 cm³/mol. The van der Waals surface area contributed by atoms with E-state index in [-0.39, 0.29) is 0 Å². The highest BCUT2D eigenvalue weighted by Crippen LogP contribution is 2.48. The van der Waals surface area contributed by atoms with E-state index in [1.54, 1.807) is 0 Å². The first-order valence-corrected chi connectivity index (χ1v) is 7.28. The van der Waals surface area contributed by atoms with Crippen LogP contribution in [0, 0.1) is 6.92 Å². The van der Waals surface area contributed by atoms with E-state index in [0.717, 1.165) is 36.1 Å². The van der Waals surface area contributed by atoms with Gasteiger partial charge in [-0.1, -0.05) is 31.4 Å². The molecule has 1 aliphatic heterocycles. The van der Waals surface area contributed by atoms with Crippen LogP contribution in [0.1, 0.15) is 43.2 Å². The van der Waals surface area contributed by atoms with Gasteiger partial charge in [-0.3, -0.25) is 4.79 Å². The van der Waals surface area contributed by atoms with Gasteiger partial charge >= 0.3 is 5.97 Å². The molecular weight excluding hydrogens is 256 g/mol. The van der Waals surface area contributed by atoms with Crippen LogP contribution in [-0.4, -0.2) is 24.3 Å². The lowest BCUT2D eigenvalue weighted by Gasteiger charge is -2.36. The van der Waals surface area contributed by atoms with Crippen molar-refractivity contribution >= 4 is 5.97 Å². The van der Waals surface area contributed by atoms with Gasteiger partial charge in [0.1, 0.15) is 13.2 Å². The molecule has 0 aromatic heterocycles. The van der Waals surface area contributed by atoms with Crippen molar-refractivity contribution in [3.05, 3.63) is 23.3 Å². The molecule has 1 heterocycles. The van der Waals surface area contributed by atoms with E-state index in [1.807, 2.05) is 19.1 Å². The van der Waals surface area contributed by atoms with E-state index in [4.69, 9.17) is 9.47 Å². The molecule has 1 N–H and O–H groups in total. The molecule has 0 bridgehead atoms. The lowest BCUT2D eigenvalue weighted by Crippen LogP contribution is -2.38. The number of rotatable bonds is 2. The summed E-state index contributed by atoms with van der Waals surface area (Å²) in [6.45, 7) is 2.97. The number of fused-ring (bicyclic) bond motifs is 1. The number of carboxylic acids is 1. The number of aryl methyl sites for hydroxylation is 1. The van der Waals surface area contributed by atoms with Crippen LogP contribution in [0.5, 0.6) is 11.5 Å². The summed E-state index contributed by atoms with van der Waals surface area (Å²) in [5.41, 5.74) is 0.987. The fourth-order valence-corrected chi connectivity index (χ4v) is 3.40. The normalized spacial score (nSPS) is 20.4. The fourth-order valence-electron chi connectivity index (χ4n) is 3.40. The smallest absolute Gasteiger partial charge is 0.314 e. The average molecular weight is 276 g/mol. The topological polar surface area (TPSA) is 55.8 Å². The van der Waals surface area contributed by atoms with Crippen LogP contribution in [0.25, 0.3) is 0 Å². The zero-order valence-corrected chi connectivity index (χ0v) is 11.8. The third-order valence-corrected chi connectivity index (χ3v) is 4.52. The van der Waals surface area contributed by atoms with E-state index < -0.39 is 11.4 Å². The van der Waals surface area contributed by atoms with Crippen molar-refractivity contribution in [3.63, 3.8) is 0 Å². The van der Waals surface area contributed by atoms with Gasteiger partial charge in [-0.15, -0.1) is 0 Å². The third kappa shape index (κ3) is 1.94. The molecule has 20 heavy (non-hydrogen) atoms. The standard InChI is InChI=1S/C16H20O4/c1-11-5-6-12(14-13(11)19-9-10-20-14)16(15(17)18)7-3-2-4-8-16/h5-6H,2-4,7-10H2,1H3,(H,17,18). The summed E-state index contributed by atoms with van der Waals surface area (Å²) >= 11 is 0. The van der Waals surface area contributed by atoms with Crippen LogP contribution >= 0.6 is 0 Å². The van der Waals surface area contributed by atoms with Crippen molar-refractivity contribution in [2.75, 3.05) is 13.2 Å². The minimum Gasteiger partial charge on any atom is -0.486 e. The molecule has 0 amide bonds. The summed E-state index contributed by atoms with van der Waals surface area (Å²) in [5.74, 6) is 0.637. The fraction of sp³-hybridized carbons (Fsp3) is 0.562. The molecule has 4 nitrogen and oxygen atoms in total. The van der Waals surface area contributed by atoms with Crippen molar-refractivity contribution in [1.82, 2.24) is 0 Å². The quantitative estimate of drug-likeness (QED) is 0.902. The number of carboxylic acid groups (broad SMARTS) is 1. The molecule has 2 aliphatic rings. The molecule has 1 fully saturated rings. The summed E-state index contributed by atoms with van der Waals surface area (Å²) in [6, 6.07) is 3.87. The van der Waals surface area contributed by atoms with Gasteiger partial charge in [-0.05, 0) is 25.3 Å². The first-order valence-electron chi connectivity index (χ1n) is 7.28. The Morgan fingerprint density at radius 3 is 2.40 bits per heavy atom. The highest BCUT2D eigenvalue weighted by atomic mass is 16.6. The van der Waals surface area contributed by atoms with Gasteiger partial charge in [-0.2, -0.15) is 0 Å². The Morgan fingerprint density at radius 2 is 1.75 bits per heavy atom. The van der Waals surface area contributed by atoms with Gasteiger partial charge in [0.25, 0.3) is 0 Å². The molecular formula is C16H20O4. The molecule has 108 valence electrons. The summed E-state index contributed by atoms with van der Waals surface area (Å²) in [5, 5.41) is 9.82. The summed E-state index contributed by atoms with van der Waals surface area (Å²) in [4.78, 5) is 12.0. The predicted octanol–water partition coefficient (Wildman–Crippen LogP) is 3.05. The lowest BCUT2D eigenvalue weighted by atomic mass is 9.69. The van der Waals surface area contributed by atoms with Crippen LogP contribution in [0.15, 0.2) is 12.1 Å². The molecule has 0 spiro atoms. The average Bonchev–Trinajstić information content (AvgIpc) is 2.48. The highest BCUT2D eigenvalue weighted by Gasteiger charge is 2.44. The molecule has 1 aliphatic carbocycles. The van der Waals surface area contributed by atoms with E-state index in [0.29, 0.717) is 31.8 Å². The monoisotopic (exact) mass is 276 g/mol. The molecule has 0 unspecified atom stereocenters. The van der Waals surface area contributed by atoms with Crippen molar-refractivity contribution in [1.29, 1.82) is 0 Å². The Morgan fingerprint density at radius 1 is 1.10 bits per heavy atom. The van der Waals surface area contributed by atoms with E-state index in [1.165, 1.54) is 0 Å². The molecule has 3 rings (SSSR count). The number of ether oxygens (including phenoxy) is 2. The van der Waals surface area contributed by atoms with Crippen molar-refractivity contribution in [2.45, 2.75) is 44.4 Å². The zero-order chi connectivity index (χ0) is 14.2. The van der Waals surface area contributed by atoms with Crippen molar-refractivity contribution < 1.29 is 19.4 Å². The van der Waals surface area contributed by atoms with Crippen molar-refractivity contribution in [3.8, 4) is 11.5 Å². The Labute approximate surface area is 118 Å². The molecule has 1 aromatic carbocycles. The number of carbonyl (C=O) groups is 1. The van der Waals surface area contributed by atoms with Gasteiger partial charge in [0, 0.05) is 5.56 Å². The van der Waals surface area contributed by atoms with Crippen molar-refractivity contribution in [2.24, 2.45) is 0 Å². The van der Waals surface area contributed by atoms with Crippen LogP contribution in [-0.2, 0) is 10.2 Å². The molecule has 0 saturated heterocycles. The van der Waals surface area contributed by atoms with Crippen LogP contribution in [0.3, 0.4) is 0 Å². The molecule has 4 heteroatoms. The minimum atomic E-state index is -0.809. The Balaban J connectivity index is 2.14. The highest BCUT2D eigenvalue weighted by molar-refractivity contribution is 5.83. The number of aliphatic carboxylic acids is 1. The van der Waals surface area contributed by atoms with E-state index in [9.17, 15) is 9.90 Å². The molecule has 0 radical (unpaired) electrons. The maximum atomic E-state index is 12.0. The van der Waals surface area contributed by atoms with E-state index in [2.05, 4.69) is 0 Å². The van der Waals surface area contributed by atoms with Crippen LogP contribution in [0.4, 0.5) is 0 Å². The first kappa shape index (κ1) is 13.3. The summed E-state index contributed by atoms with van der Waals surface area (Å²) in [7, 11) is 0. The Kier molecular flexibility index (Phi) is 3.32. The second-order valence-corrected chi connectivity index (χ2v) is 5.73. The second kappa shape index (κ2) is 5.00. The first-order chi connectivity index (χ1) is 9.65. The van der Waals surface area contributed by atoms with Gasteiger partial charge in [0.2, 0.25) is 0 Å². The van der Waals surface area contributed by atoms with Gasteiger partial charge < -0.3 is 14.6 Å².